The van der Waals surface area contributed by atoms with E-state index in [4.69, 9.17) is 9.84 Å². The summed E-state index contributed by atoms with van der Waals surface area (Å²) in [4.78, 5) is 45.9. The summed E-state index contributed by atoms with van der Waals surface area (Å²) in [6.07, 6.45) is -2.11. The molecule has 0 spiro atoms. The molecule has 136 valence electrons. The van der Waals surface area contributed by atoms with Gasteiger partial charge in [0.05, 0.1) is 29.7 Å². The van der Waals surface area contributed by atoms with E-state index < -0.39 is 40.9 Å². The lowest BCUT2D eigenvalue weighted by Gasteiger charge is -2.25. The van der Waals surface area contributed by atoms with Crippen LogP contribution >= 0.6 is 0 Å². The van der Waals surface area contributed by atoms with Gasteiger partial charge >= 0.3 is 18.2 Å². The summed E-state index contributed by atoms with van der Waals surface area (Å²) in [5.41, 5.74) is -1.79. The van der Waals surface area contributed by atoms with Gasteiger partial charge in [0.1, 0.15) is 5.60 Å². The van der Waals surface area contributed by atoms with Gasteiger partial charge in [0.15, 0.2) is 0 Å². The average molecular weight is 354 g/mol. The van der Waals surface area contributed by atoms with E-state index in [9.17, 15) is 24.5 Å². The Bertz CT molecular complexity index is 708. The molecule has 0 saturated carbocycles. The summed E-state index contributed by atoms with van der Waals surface area (Å²) in [7, 11) is 1.04. The zero-order chi connectivity index (χ0) is 19.4. The van der Waals surface area contributed by atoms with Gasteiger partial charge in [0.25, 0.3) is 5.69 Å². The Hall–Kier alpha value is -3.17. The van der Waals surface area contributed by atoms with Gasteiger partial charge in [0, 0.05) is 6.07 Å². The number of rotatable bonds is 4. The summed E-state index contributed by atoms with van der Waals surface area (Å²) < 4.78 is 9.58. The van der Waals surface area contributed by atoms with Crippen LogP contribution in [0.4, 0.5) is 15.3 Å². The van der Waals surface area contributed by atoms with Crippen molar-refractivity contribution in [2.24, 2.45) is 0 Å². The Morgan fingerprint density at radius 3 is 2.28 bits per heavy atom. The van der Waals surface area contributed by atoms with Gasteiger partial charge < -0.3 is 14.6 Å². The largest absolute Gasteiger partial charge is 0.478 e. The zero-order valence-electron chi connectivity index (χ0n) is 14.1. The van der Waals surface area contributed by atoms with Crippen molar-refractivity contribution in [1.82, 2.24) is 4.90 Å². The van der Waals surface area contributed by atoms with Crippen molar-refractivity contribution in [2.45, 2.75) is 32.9 Å². The summed E-state index contributed by atoms with van der Waals surface area (Å²) in [6.45, 7) is 4.25. The maximum atomic E-state index is 12.2. The standard InChI is InChI=1S/C15H18N2O8/c1-15(2,3)25-14(21)16(13(20)24-4)8-10-6-5-9(12(18)19)7-11(10)17(22)23/h5-7H,8H2,1-4H3,(H,18,19). The Morgan fingerprint density at radius 1 is 1.24 bits per heavy atom. The number of methoxy groups -OCH3 is 1. The third-order valence-corrected chi connectivity index (χ3v) is 2.87. The Labute approximate surface area is 143 Å². The number of carbonyl (C=O) groups excluding carboxylic acids is 2. The van der Waals surface area contributed by atoms with Crippen molar-refractivity contribution in [3.63, 3.8) is 0 Å². The molecule has 25 heavy (non-hydrogen) atoms. The van der Waals surface area contributed by atoms with Crippen LogP contribution in [0.25, 0.3) is 0 Å². The van der Waals surface area contributed by atoms with Crippen LogP contribution < -0.4 is 0 Å². The molecular weight excluding hydrogens is 336 g/mol. The molecule has 0 heterocycles. The molecule has 0 radical (unpaired) electrons. The first-order valence-corrected chi connectivity index (χ1v) is 7.05. The molecule has 0 atom stereocenters. The van der Waals surface area contributed by atoms with E-state index in [1.54, 1.807) is 20.8 Å². The second-order valence-corrected chi connectivity index (χ2v) is 5.94. The third-order valence-electron chi connectivity index (χ3n) is 2.87. The lowest BCUT2D eigenvalue weighted by Crippen LogP contribution is -2.40. The van der Waals surface area contributed by atoms with Gasteiger partial charge in [-0.3, -0.25) is 10.1 Å². The summed E-state index contributed by atoms with van der Waals surface area (Å²) in [6, 6.07) is 3.14. The van der Waals surface area contributed by atoms with Gasteiger partial charge in [-0.25, -0.2) is 19.3 Å². The average Bonchev–Trinajstić information content (AvgIpc) is 2.49. The van der Waals surface area contributed by atoms with Crippen LogP contribution in [-0.4, -0.2) is 45.8 Å². The highest BCUT2D eigenvalue weighted by atomic mass is 16.6. The fraction of sp³-hybridized carbons (Fsp3) is 0.400. The highest BCUT2D eigenvalue weighted by Gasteiger charge is 2.30. The number of ether oxygens (including phenoxy) is 2. The lowest BCUT2D eigenvalue weighted by molar-refractivity contribution is -0.385. The first kappa shape index (κ1) is 19.9. The van der Waals surface area contributed by atoms with E-state index in [1.807, 2.05) is 0 Å². The summed E-state index contributed by atoms with van der Waals surface area (Å²) in [5.74, 6) is -1.34. The van der Waals surface area contributed by atoms with E-state index in [1.165, 1.54) is 0 Å². The van der Waals surface area contributed by atoms with Gasteiger partial charge in [-0.15, -0.1) is 0 Å². The Morgan fingerprint density at radius 2 is 1.84 bits per heavy atom. The van der Waals surface area contributed by atoms with Gasteiger partial charge in [-0.1, -0.05) is 0 Å². The van der Waals surface area contributed by atoms with Crippen molar-refractivity contribution in [1.29, 1.82) is 0 Å². The second-order valence-electron chi connectivity index (χ2n) is 5.94. The van der Waals surface area contributed by atoms with Crippen LogP contribution in [0.1, 0.15) is 36.7 Å². The molecule has 2 amide bonds. The quantitative estimate of drug-likeness (QED) is 0.644. The number of nitrogens with zero attached hydrogens (tertiary/aromatic N) is 2. The van der Waals surface area contributed by atoms with E-state index in [0.29, 0.717) is 4.90 Å². The van der Waals surface area contributed by atoms with Crippen LogP contribution in [0.3, 0.4) is 0 Å². The molecule has 0 unspecified atom stereocenters. The minimum atomic E-state index is -1.34. The number of hydrogen-bond donors (Lipinski definition) is 1. The molecule has 1 N–H and O–H groups in total. The molecule has 0 fully saturated rings. The number of amides is 2. The fourth-order valence-corrected chi connectivity index (χ4v) is 1.80. The van der Waals surface area contributed by atoms with Crippen LogP contribution in [0.2, 0.25) is 0 Å². The van der Waals surface area contributed by atoms with Crippen molar-refractivity contribution < 1.29 is 33.9 Å². The number of nitro benzene ring substituents is 1. The molecule has 0 aromatic heterocycles. The molecule has 10 nitrogen and oxygen atoms in total. The predicted molar refractivity (Wildman–Crippen MR) is 84.2 cm³/mol. The topological polar surface area (TPSA) is 136 Å². The molecule has 0 bridgehead atoms. The maximum absolute atomic E-state index is 12.2. The Kier molecular flexibility index (Phi) is 6.04. The van der Waals surface area contributed by atoms with Crippen LogP contribution in [-0.2, 0) is 16.0 Å². The molecule has 1 aromatic carbocycles. The number of aromatic carboxylic acids is 1. The van der Waals surface area contributed by atoms with Crippen molar-refractivity contribution in [2.75, 3.05) is 7.11 Å². The first-order chi connectivity index (χ1) is 11.5. The minimum absolute atomic E-state index is 0.0498. The number of carbonyl (C=O) groups is 3. The van der Waals surface area contributed by atoms with Crippen molar-refractivity contribution >= 4 is 23.8 Å². The van der Waals surface area contributed by atoms with Gasteiger partial charge in [-0.2, -0.15) is 0 Å². The van der Waals surface area contributed by atoms with Crippen molar-refractivity contribution in [3.05, 3.63) is 39.4 Å². The normalized spacial score (nSPS) is 10.7. The molecule has 0 aliphatic heterocycles. The number of carboxylic acids is 1. The molecule has 0 aliphatic carbocycles. The third kappa shape index (κ3) is 5.44. The molecule has 1 rings (SSSR count). The minimum Gasteiger partial charge on any atom is -0.478 e. The molecular formula is C15H18N2O8. The van der Waals surface area contributed by atoms with Crippen LogP contribution in [0.5, 0.6) is 0 Å². The second kappa shape index (κ2) is 7.60. The van der Waals surface area contributed by atoms with Crippen LogP contribution in [0.15, 0.2) is 18.2 Å². The summed E-state index contributed by atoms with van der Waals surface area (Å²) in [5, 5.41) is 20.1. The number of nitro groups is 1. The zero-order valence-corrected chi connectivity index (χ0v) is 14.1. The highest BCUT2D eigenvalue weighted by Crippen LogP contribution is 2.23. The number of imide groups is 1. The lowest BCUT2D eigenvalue weighted by atomic mass is 10.1. The van der Waals surface area contributed by atoms with Crippen LogP contribution in [0, 0.1) is 10.1 Å². The van der Waals surface area contributed by atoms with E-state index >= 15 is 0 Å². The molecule has 1 aromatic rings. The summed E-state index contributed by atoms with van der Waals surface area (Å²) >= 11 is 0. The first-order valence-electron chi connectivity index (χ1n) is 7.05. The molecule has 0 aliphatic rings. The van der Waals surface area contributed by atoms with Gasteiger partial charge in [0.2, 0.25) is 0 Å². The Balaban J connectivity index is 3.24. The number of benzene rings is 1. The fourth-order valence-electron chi connectivity index (χ4n) is 1.80. The molecule has 10 heteroatoms. The highest BCUT2D eigenvalue weighted by molar-refractivity contribution is 5.89. The van der Waals surface area contributed by atoms with Gasteiger partial charge in [-0.05, 0) is 32.9 Å². The van der Waals surface area contributed by atoms with E-state index in [-0.39, 0.29) is 11.1 Å². The van der Waals surface area contributed by atoms with E-state index in [2.05, 4.69) is 4.74 Å². The molecule has 0 saturated heterocycles. The van der Waals surface area contributed by atoms with Crippen molar-refractivity contribution in [3.8, 4) is 0 Å². The SMILES string of the molecule is COC(=O)N(Cc1ccc(C(=O)O)cc1[N+](=O)[O-])C(=O)OC(C)(C)C. The monoisotopic (exact) mass is 354 g/mol. The predicted octanol–water partition coefficient (Wildman–Crippen LogP) is 2.80. The smallest absolute Gasteiger partial charge is 0.420 e. The maximum Gasteiger partial charge on any atom is 0.420 e. The van der Waals surface area contributed by atoms with E-state index in [0.717, 1.165) is 25.3 Å². The number of hydrogen-bond acceptors (Lipinski definition) is 7. The number of carboxylic acid groups (broad SMARTS) is 1.